The van der Waals surface area contributed by atoms with Crippen LogP contribution in [0.1, 0.15) is 24.0 Å². The van der Waals surface area contributed by atoms with Crippen LogP contribution in [0.4, 0.5) is 0 Å². The van der Waals surface area contributed by atoms with Gasteiger partial charge in [-0.25, -0.2) is 0 Å². The highest BCUT2D eigenvalue weighted by molar-refractivity contribution is 5.78. The van der Waals surface area contributed by atoms with E-state index in [0.29, 0.717) is 31.1 Å². The Morgan fingerprint density at radius 2 is 2.10 bits per heavy atom. The second-order valence-corrected chi connectivity index (χ2v) is 5.77. The SMILES string of the molecule is Cc1cc(C(C)(O)CNC(=O)CN2CCOCC2)c(C)o1. The molecule has 1 atom stereocenters. The molecule has 21 heavy (non-hydrogen) atoms. The molecule has 0 radical (unpaired) electrons. The van der Waals surface area contributed by atoms with E-state index in [1.54, 1.807) is 6.92 Å². The smallest absolute Gasteiger partial charge is 0.234 e. The van der Waals surface area contributed by atoms with Gasteiger partial charge in [-0.3, -0.25) is 9.69 Å². The van der Waals surface area contributed by atoms with Gasteiger partial charge in [-0.05, 0) is 26.8 Å². The molecule has 118 valence electrons. The van der Waals surface area contributed by atoms with Crippen LogP contribution < -0.4 is 5.32 Å². The first kappa shape index (κ1) is 16.0. The number of morpholine rings is 1. The van der Waals surface area contributed by atoms with Crippen molar-refractivity contribution in [1.82, 2.24) is 10.2 Å². The van der Waals surface area contributed by atoms with Crippen LogP contribution in [0.25, 0.3) is 0 Å². The summed E-state index contributed by atoms with van der Waals surface area (Å²) in [4.78, 5) is 14.0. The van der Waals surface area contributed by atoms with Gasteiger partial charge in [0.15, 0.2) is 0 Å². The predicted octanol–water partition coefficient (Wildman–Crippen LogP) is 0.552. The maximum Gasteiger partial charge on any atom is 0.234 e. The van der Waals surface area contributed by atoms with Gasteiger partial charge in [0.1, 0.15) is 17.1 Å². The number of furan rings is 1. The standard InChI is InChI=1S/C15H24N2O4/c1-11-8-13(12(2)21-11)15(3,19)10-16-14(18)9-17-4-6-20-7-5-17/h8,19H,4-7,9-10H2,1-3H3,(H,16,18). The van der Waals surface area contributed by atoms with Crippen LogP contribution in [0, 0.1) is 13.8 Å². The molecule has 1 aromatic rings. The molecule has 6 heteroatoms. The second kappa shape index (κ2) is 6.60. The summed E-state index contributed by atoms with van der Waals surface area (Å²) >= 11 is 0. The van der Waals surface area contributed by atoms with Gasteiger partial charge in [-0.1, -0.05) is 0 Å². The van der Waals surface area contributed by atoms with Crippen molar-refractivity contribution in [2.24, 2.45) is 0 Å². The number of carbonyl (C=O) groups is 1. The normalized spacial score (nSPS) is 19.2. The minimum Gasteiger partial charge on any atom is -0.466 e. The molecular weight excluding hydrogens is 272 g/mol. The molecule has 0 saturated carbocycles. The molecule has 1 fully saturated rings. The maximum atomic E-state index is 12.0. The number of aryl methyl sites for hydroxylation is 2. The average Bonchev–Trinajstić information content (AvgIpc) is 2.78. The van der Waals surface area contributed by atoms with Gasteiger partial charge < -0.3 is 19.6 Å². The molecule has 1 amide bonds. The van der Waals surface area contributed by atoms with Crippen LogP contribution in [-0.2, 0) is 15.1 Å². The Hall–Kier alpha value is -1.37. The lowest BCUT2D eigenvalue weighted by Gasteiger charge is -2.27. The molecular formula is C15H24N2O4. The van der Waals surface area contributed by atoms with Crippen molar-refractivity contribution in [3.63, 3.8) is 0 Å². The van der Waals surface area contributed by atoms with Gasteiger partial charge in [0.05, 0.1) is 26.3 Å². The second-order valence-electron chi connectivity index (χ2n) is 5.77. The third kappa shape index (κ3) is 4.30. The molecule has 0 spiro atoms. The number of nitrogens with one attached hydrogen (secondary N) is 1. The lowest BCUT2D eigenvalue weighted by atomic mass is 9.96. The number of aliphatic hydroxyl groups is 1. The van der Waals surface area contributed by atoms with E-state index in [2.05, 4.69) is 5.32 Å². The minimum absolute atomic E-state index is 0.0879. The van der Waals surface area contributed by atoms with Crippen molar-refractivity contribution in [1.29, 1.82) is 0 Å². The quantitative estimate of drug-likeness (QED) is 0.830. The van der Waals surface area contributed by atoms with E-state index in [-0.39, 0.29) is 12.5 Å². The Morgan fingerprint density at radius 1 is 1.43 bits per heavy atom. The van der Waals surface area contributed by atoms with Crippen molar-refractivity contribution in [3.05, 3.63) is 23.2 Å². The number of carbonyl (C=O) groups excluding carboxylic acids is 1. The Labute approximate surface area is 125 Å². The molecule has 0 aliphatic carbocycles. The molecule has 0 bridgehead atoms. The summed E-state index contributed by atoms with van der Waals surface area (Å²) in [5, 5.41) is 13.3. The largest absolute Gasteiger partial charge is 0.466 e. The first-order chi connectivity index (χ1) is 9.88. The van der Waals surface area contributed by atoms with Crippen molar-refractivity contribution in [2.75, 3.05) is 39.4 Å². The molecule has 2 rings (SSSR count). The third-order valence-corrected chi connectivity index (χ3v) is 3.72. The third-order valence-electron chi connectivity index (χ3n) is 3.72. The minimum atomic E-state index is -1.14. The fourth-order valence-corrected chi connectivity index (χ4v) is 2.55. The Balaban J connectivity index is 1.86. The highest BCUT2D eigenvalue weighted by atomic mass is 16.5. The number of ether oxygens (including phenoxy) is 1. The highest BCUT2D eigenvalue weighted by Gasteiger charge is 2.28. The van der Waals surface area contributed by atoms with E-state index < -0.39 is 5.60 Å². The Bertz CT molecular complexity index is 490. The number of rotatable bonds is 5. The van der Waals surface area contributed by atoms with E-state index in [4.69, 9.17) is 9.15 Å². The van der Waals surface area contributed by atoms with Gasteiger partial charge >= 0.3 is 0 Å². The van der Waals surface area contributed by atoms with Crippen molar-refractivity contribution < 1.29 is 19.1 Å². The zero-order chi connectivity index (χ0) is 15.5. The highest BCUT2D eigenvalue weighted by Crippen LogP contribution is 2.26. The van der Waals surface area contributed by atoms with Crippen LogP contribution in [0.5, 0.6) is 0 Å². The summed E-state index contributed by atoms with van der Waals surface area (Å²) in [6.45, 7) is 8.69. The molecule has 1 unspecified atom stereocenters. The molecule has 2 heterocycles. The topological polar surface area (TPSA) is 74.9 Å². The summed E-state index contributed by atoms with van der Waals surface area (Å²) in [5.41, 5.74) is -0.422. The summed E-state index contributed by atoms with van der Waals surface area (Å²) in [6.07, 6.45) is 0. The van der Waals surface area contributed by atoms with Gasteiger partial charge in [-0.15, -0.1) is 0 Å². The van der Waals surface area contributed by atoms with E-state index in [9.17, 15) is 9.90 Å². The van der Waals surface area contributed by atoms with E-state index in [1.807, 2.05) is 24.8 Å². The molecule has 6 nitrogen and oxygen atoms in total. The van der Waals surface area contributed by atoms with Gasteiger partial charge in [-0.2, -0.15) is 0 Å². The Kier molecular flexibility index (Phi) is 5.03. The fourth-order valence-electron chi connectivity index (χ4n) is 2.55. The van der Waals surface area contributed by atoms with E-state index in [1.165, 1.54) is 0 Å². The van der Waals surface area contributed by atoms with Crippen LogP contribution >= 0.6 is 0 Å². The van der Waals surface area contributed by atoms with Crippen LogP contribution in [-0.4, -0.2) is 55.3 Å². The monoisotopic (exact) mass is 296 g/mol. The summed E-state index contributed by atoms with van der Waals surface area (Å²) in [7, 11) is 0. The first-order valence-corrected chi connectivity index (χ1v) is 7.25. The van der Waals surface area contributed by atoms with Crippen molar-refractivity contribution >= 4 is 5.91 Å². The number of hydrogen-bond donors (Lipinski definition) is 2. The first-order valence-electron chi connectivity index (χ1n) is 7.25. The van der Waals surface area contributed by atoms with Crippen LogP contribution in [0.15, 0.2) is 10.5 Å². The Morgan fingerprint density at radius 3 is 2.67 bits per heavy atom. The van der Waals surface area contributed by atoms with Gasteiger partial charge in [0, 0.05) is 18.7 Å². The van der Waals surface area contributed by atoms with Crippen LogP contribution in [0.2, 0.25) is 0 Å². The molecule has 0 aromatic carbocycles. The number of amides is 1. The summed E-state index contributed by atoms with van der Waals surface area (Å²) in [5.74, 6) is 1.34. The van der Waals surface area contributed by atoms with Crippen LogP contribution in [0.3, 0.4) is 0 Å². The summed E-state index contributed by atoms with van der Waals surface area (Å²) in [6, 6.07) is 1.81. The van der Waals surface area contributed by atoms with Gasteiger partial charge in [0.2, 0.25) is 5.91 Å². The lowest BCUT2D eigenvalue weighted by molar-refractivity contribution is -0.124. The zero-order valence-corrected chi connectivity index (χ0v) is 12.9. The molecule has 1 aliphatic rings. The van der Waals surface area contributed by atoms with Crippen molar-refractivity contribution in [2.45, 2.75) is 26.4 Å². The molecule has 1 aliphatic heterocycles. The molecule has 2 N–H and O–H groups in total. The molecule has 1 aromatic heterocycles. The maximum absolute atomic E-state index is 12.0. The van der Waals surface area contributed by atoms with E-state index >= 15 is 0 Å². The molecule has 1 saturated heterocycles. The number of hydrogen-bond acceptors (Lipinski definition) is 5. The van der Waals surface area contributed by atoms with Crippen molar-refractivity contribution in [3.8, 4) is 0 Å². The fraction of sp³-hybridized carbons (Fsp3) is 0.667. The predicted molar refractivity (Wildman–Crippen MR) is 78.0 cm³/mol. The van der Waals surface area contributed by atoms with Gasteiger partial charge in [0.25, 0.3) is 0 Å². The zero-order valence-electron chi connectivity index (χ0n) is 12.9. The summed E-state index contributed by atoms with van der Waals surface area (Å²) < 4.78 is 10.7. The lowest BCUT2D eigenvalue weighted by Crippen LogP contribution is -2.46. The van der Waals surface area contributed by atoms with E-state index in [0.717, 1.165) is 18.8 Å². The number of nitrogens with zero attached hydrogens (tertiary/aromatic N) is 1. The average molecular weight is 296 g/mol.